The Morgan fingerprint density at radius 3 is 1.36 bits per heavy atom. The Kier molecular flexibility index (Phi) is 7.79. The van der Waals surface area contributed by atoms with Crippen LogP contribution in [0.2, 0.25) is 0 Å². The Morgan fingerprint density at radius 1 is 1.18 bits per heavy atom. The molecule has 0 heterocycles. The highest BCUT2D eigenvalue weighted by Crippen LogP contribution is 2.13. The molecule has 0 aromatic heterocycles. The minimum atomic E-state index is -4.62. The highest BCUT2D eigenvalue weighted by Gasteiger charge is 2.26. The Balaban J connectivity index is 0. The first-order valence-corrected chi connectivity index (χ1v) is 3.46. The first-order chi connectivity index (χ1) is 4.83. The van der Waals surface area contributed by atoms with Crippen LogP contribution >= 0.6 is 0 Å². The van der Waals surface area contributed by atoms with E-state index in [4.69, 9.17) is 0 Å². The lowest BCUT2D eigenvalue weighted by Crippen LogP contribution is -2.08. The first kappa shape index (κ1) is 13.3. The summed E-state index contributed by atoms with van der Waals surface area (Å²) in [4.78, 5) is 0. The summed E-state index contributed by atoms with van der Waals surface area (Å²) >= 11 is 0. The highest BCUT2D eigenvalue weighted by molar-refractivity contribution is 4.39. The zero-order chi connectivity index (χ0) is 9.49. The van der Waals surface area contributed by atoms with E-state index in [-0.39, 0.29) is 0 Å². The van der Waals surface area contributed by atoms with Crippen LogP contribution in [-0.4, -0.2) is 12.9 Å². The normalized spacial score (nSPS) is 10.9. The summed E-state index contributed by atoms with van der Waals surface area (Å²) in [6, 6.07) is 0. The fourth-order valence-corrected chi connectivity index (χ4v) is 0. The van der Waals surface area contributed by atoms with Crippen LogP contribution in [0.25, 0.3) is 0 Å². The monoisotopic (exact) mass is 174 g/mol. The van der Waals surface area contributed by atoms with E-state index in [9.17, 15) is 17.6 Å². The molecule has 0 N–H and O–H groups in total. The Hall–Kier alpha value is -0.280. The van der Waals surface area contributed by atoms with Gasteiger partial charge in [-0.1, -0.05) is 27.2 Å². The topological polar surface area (TPSA) is 0 Å². The van der Waals surface area contributed by atoms with Crippen molar-refractivity contribution in [2.45, 2.75) is 33.4 Å². The van der Waals surface area contributed by atoms with Crippen molar-refractivity contribution in [1.29, 1.82) is 0 Å². The Labute approximate surface area is 64.6 Å². The molecule has 0 saturated heterocycles. The van der Waals surface area contributed by atoms with Gasteiger partial charge in [0.25, 0.3) is 0 Å². The molecule has 0 nitrogen and oxygen atoms in total. The third kappa shape index (κ3) is 26.0. The zero-order valence-corrected chi connectivity index (χ0v) is 7.00. The lowest BCUT2D eigenvalue weighted by atomic mass is 10.2. The van der Waals surface area contributed by atoms with E-state index < -0.39 is 12.9 Å². The largest absolute Gasteiger partial charge is 0.416 e. The molecule has 0 fully saturated rings. The molecule has 0 aliphatic rings. The van der Waals surface area contributed by atoms with Crippen LogP contribution in [0.15, 0.2) is 0 Å². The van der Waals surface area contributed by atoms with E-state index >= 15 is 0 Å². The third-order valence-electron chi connectivity index (χ3n) is 0.968. The van der Waals surface area contributed by atoms with Crippen LogP contribution in [0.5, 0.6) is 0 Å². The molecular weight excluding hydrogens is 160 g/mol. The second-order valence-corrected chi connectivity index (χ2v) is 2.55. The standard InChI is InChI=1S/C5H12.C2H2F4/c1-4-5(2)3;3-1-2(4,5)6/h5H,4H2,1-3H3;1H2. The van der Waals surface area contributed by atoms with E-state index in [0.29, 0.717) is 0 Å². The number of rotatable bonds is 1. The van der Waals surface area contributed by atoms with Crippen LogP contribution in [0.1, 0.15) is 27.2 Å². The Morgan fingerprint density at radius 2 is 1.36 bits per heavy atom. The quantitative estimate of drug-likeness (QED) is 0.533. The molecule has 0 aliphatic carbocycles. The molecule has 0 aliphatic heterocycles. The van der Waals surface area contributed by atoms with E-state index in [1.165, 1.54) is 6.42 Å². The predicted octanol–water partition coefficient (Wildman–Crippen LogP) is 3.57. The molecule has 11 heavy (non-hydrogen) atoms. The number of hydrogen-bond donors (Lipinski definition) is 0. The van der Waals surface area contributed by atoms with Crippen LogP contribution in [0.3, 0.4) is 0 Å². The number of hydrogen-bond acceptors (Lipinski definition) is 0. The fraction of sp³-hybridized carbons (Fsp3) is 1.00. The molecule has 0 spiro atoms. The minimum Gasteiger partial charge on any atom is -0.241 e. The zero-order valence-electron chi connectivity index (χ0n) is 7.00. The lowest BCUT2D eigenvalue weighted by molar-refractivity contribution is -0.142. The van der Waals surface area contributed by atoms with Gasteiger partial charge in [0, 0.05) is 0 Å². The summed E-state index contributed by atoms with van der Waals surface area (Å²) < 4.78 is 41.6. The highest BCUT2D eigenvalue weighted by atomic mass is 19.4. The van der Waals surface area contributed by atoms with Gasteiger partial charge in [0.2, 0.25) is 0 Å². The van der Waals surface area contributed by atoms with Gasteiger partial charge < -0.3 is 0 Å². The maximum atomic E-state index is 10.4. The van der Waals surface area contributed by atoms with Crippen molar-refractivity contribution >= 4 is 0 Å². The van der Waals surface area contributed by atoms with Crippen LogP contribution in [-0.2, 0) is 0 Å². The molecule has 0 aromatic carbocycles. The first-order valence-electron chi connectivity index (χ1n) is 3.46. The molecule has 0 unspecified atom stereocenters. The fourth-order valence-electron chi connectivity index (χ4n) is 0. The molecule has 0 rings (SSSR count). The average molecular weight is 174 g/mol. The summed E-state index contributed by atoms with van der Waals surface area (Å²) in [6.07, 6.45) is -3.32. The average Bonchev–Trinajstić information content (AvgIpc) is 1.88. The van der Waals surface area contributed by atoms with E-state index in [0.717, 1.165) is 5.92 Å². The van der Waals surface area contributed by atoms with Crippen molar-refractivity contribution in [3.8, 4) is 0 Å². The molecule has 0 aromatic rings. The van der Waals surface area contributed by atoms with Crippen LogP contribution in [0.4, 0.5) is 17.6 Å². The van der Waals surface area contributed by atoms with E-state index in [1.54, 1.807) is 0 Å². The van der Waals surface area contributed by atoms with E-state index in [1.807, 2.05) is 0 Å². The molecule has 70 valence electrons. The summed E-state index contributed by atoms with van der Waals surface area (Å²) in [5, 5.41) is 0. The maximum absolute atomic E-state index is 10.4. The van der Waals surface area contributed by atoms with Gasteiger partial charge in [-0.3, -0.25) is 0 Å². The van der Waals surface area contributed by atoms with Gasteiger partial charge in [-0.05, 0) is 5.92 Å². The molecule has 0 bridgehead atoms. The molecule has 0 saturated carbocycles. The van der Waals surface area contributed by atoms with Gasteiger partial charge in [-0.15, -0.1) is 0 Å². The van der Waals surface area contributed by atoms with Crippen molar-refractivity contribution < 1.29 is 17.6 Å². The maximum Gasteiger partial charge on any atom is 0.416 e. The van der Waals surface area contributed by atoms with Crippen molar-refractivity contribution in [2.24, 2.45) is 5.92 Å². The van der Waals surface area contributed by atoms with Gasteiger partial charge in [0.1, 0.15) is 0 Å². The number of halogens is 4. The molecular formula is C7H14F4. The summed E-state index contributed by atoms with van der Waals surface area (Å²) in [6.45, 7) is 4.41. The van der Waals surface area contributed by atoms with Crippen molar-refractivity contribution in [3.05, 3.63) is 0 Å². The Bertz CT molecular complexity index is 75.0. The van der Waals surface area contributed by atoms with Gasteiger partial charge in [0.05, 0.1) is 0 Å². The molecule has 0 atom stereocenters. The second-order valence-electron chi connectivity index (χ2n) is 2.55. The third-order valence-corrected chi connectivity index (χ3v) is 0.968. The molecule has 4 heteroatoms. The van der Waals surface area contributed by atoms with Crippen LogP contribution < -0.4 is 0 Å². The lowest BCUT2D eigenvalue weighted by Gasteiger charge is -1.93. The van der Waals surface area contributed by atoms with Crippen molar-refractivity contribution in [2.75, 3.05) is 6.67 Å². The molecule has 0 radical (unpaired) electrons. The van der Waals surface area contributed by atoms with Crippen molar-refractivity contribution in [3.63, 3.8) is 0 Å². The van der Waals surface area contributed by atoms with E-state index in [2.05, 4.69) is 20.8 Å². The second kappa shape index (κ2) is 6.43. The van der Waals surface area contributed by atoms with Crippen molar-refractivity contribution in [1.82, 2.24) is 0 Å². The smallest absolute Gasteiger partial charge is 0.241 e. The predicted molar refractivity (Wildman–Crippen MR) is 37.2 cm³/mol. The number of alkyl halides is 4. The van der Waals surface area contributed by atoms with Gasteiger partial charge >= 0.3 is 6.18 Å². The van der Waals surface area contributed by atoms with Gasteiger partial charge in [-0.25, -0.2) is 4.39 Å². The van der Waals surface area contributed by atoms with Crippen LogP contribution in [0, 0.1) is 5.92 Å². The van der Waals surface area contributed by atoms with Gasteiger partial charge in [-0.2, -0.15) is 13.2 Å². The summed E-state index contributed by atoms with van der Waals surface area (Å²) in [5.74, 6) is 0.884. The summed E-state index contributed by atoms with van der Waals surface area (Å²) in [5.41, 5.74) is 0. The van der Waals surface area contributed by atoms with Gasteiger partial charge in [0.15, 0.2) is 6.67 Å². The molecule has 0 amide bonds. The SMILES string of the molecule is CCC(C)C.FCC(F)(F)F. The summed E-state index contributed by atoms with van der Waals surface area (Å²) in [7, 11) is 0. The minimum absolute atomic E-state index is 0.884.